The van der Waals surface area contributed by atoms with E-state index in [2.05, 4.69) is 25.8 Å². The van der Waals surface area contributed by atoms with Crippen LogP contribution in [-0.2, 0) is 0 Å². The van der Waals surface area contributed by atoms with Gasteiger partial charge in [0.05, 0.1) is 5.70 Å². The van der Waals surface area contributed by atoms with Gasteiger partial charge in [-0.1, -0.05) is 20.8 Å². The van der Waals surface area contributed by atoms with Gasteiger partial charge in [-0.3, -0.25) is 4.99 Å². The third-order valence-corrected chi connectivity index (χ3v) is 1.52. The van der Waals surface area contributed by atoms with Gasteiger partial charge in [-0.05, 0) is 13.8 Å². The monoisotopic (exact) mass is 154 g/mol. The Balaban J connectivity index is 4.67. The average Bonchev–Trinajstić information content (AvgIpc) is 1.85. The first-order valence-electron chi connectivity index (χ1n) is 3.85. The summed E-state index contributed by atoms with van der Waals surface area (Å²) in [6.07, 6.45) is 1.76. The van der Waals surface area contributed by atoms with E-state index in [1.165, 1.54) is 0 Å². The predicted octanol–water partition coefficient (Wildman–Crippen LogP) is 2.31. The summed E-state index contributed by atoms with van der Waals surface area (Å²) < 4.78 is 0. The maximum absolute atomic E-state index is 5.85. The molecule has 0 fully saturated rings. The molecule has 0 saturated heterocycles. The zero-order valence-electron chi connectivity index (χ0n) is 8.10. The second kappa shape index (κ2) is 3.56. The minimum atomic E-state index is 0.0244. The topological polar surface area (TPSA) is 38.4 Å². The Morgan fingerprint density at radius 3 is 2.09 bits per heavy atom. The van der Waals surface area contributed by atoms with Gasteiger partial charge in [-0.2, -0.15) is 0 Å². The molecule has 0 aliphatic rings. The number of allylic oxidation sites excluding steroid dienone is 2. The van der Waals surface area contributed by atoms with Crippen molar-refractivity contribution in [1.29, 1.82) is 0 Å². The number of hydrogen-bond acceptors (Lipinski definition) is 2. The molecule has 0 rings (SSSR count). The third kappa shape index (κ3) is 3.21. The van der Waals surface area contributed by atoms with Crippen molar-refractivity contribution in [1.82, 2.24) is 0 Å². The minimum Gasteiger partial charge on any atom is -0.400 e. The van der Waals surface area contributed by atoms with E-state index in [1.54, 1.807) is 6.21 Å². The predicted molar refractivity (Wildman–Crippen MR) is 50.5 cm³/mol. The standard InChI is InChI=1S/C9H18N2/c1-6-11-7(2)8(10)9(3,4)5/h6H,10H2,1-5H3/b8-7+,11-6-. The van der Waals surface area contributed by atoms with Gasteiger partial charge in [0.1, 0.15) is 0 Å². The van der Waals surface area contributed by atoms with Gasteiger partial charge >= 0.3 is 0 Å². The zero-order valence-corrected chi connectivity index (χ0v) is 8.10. The second-order valence-electron chi connectivity index (χ2n) is 3.64. The number of aliphatic imine (C=N–C) groups is 1. The highest BCUT2D eigenvalue weighted by molar-refractivity contribution is 5.55. The van der Waals surface area contributed by atoms with Crippen molar-refractivity contribution in [3.8, 4) is 0 Å². The summed E-state index contributed by atoms with van der Waals surface area (Å²) in [7, 11) is 0. The van der Waals surface area contributed by atoms with E-state index < -0.39 is 0 Å². The second-order valence-corrected chi connectivity index (χ2v) is 3.64. The van der Waals surface area contributed by atoms with Crippen LogP contribution in [0.25, 0.3) is 0 Å². The van der Waals surface area contributed by atoms with Crippen LogP contribution in [0.1, 0.15) is 34.6 Å². The molecule has 0 saturated carbocycles. The molecule has 2 heteroatoms. The molecule has 2 nitrogen and oxygen atoms in total. The summed E-state index contributed by atoms with van der Waals surface area (Å²) in [6, 6.07) is 0. The number of nitrogens with zero attached hydrogens (tertiary/aromatic N) is 1. The van der Waals surface area contributed by atoms with Gasteiger partial charge < -0.3 is 5.73 Å². The lowest BCUT2D eigenvalue weighted by atomic mass is 9.91. The molecular formula is C9H18N2. The molecule has 0 aliphatic carbocycles. The molecular weight excluding hydrogens is 136 g/mol. The lowest BCUT2D eigenvalue weighted by Gasteiger charge is -2.19. The highest BCUT2D eigenvalue weighted by Crippen LogP contribution is 2.23. The van der Waals surface area contributed by atoms with Crippen LogP contribution in [0.2, 0.25) is 0 Å². The molecule has 0 aromatic heterocycles. The summed E-state index contributed by atoms with van der Waals surface area (Å²) in [5.74, 6) is 0. The largest absolute Gasteiger partial charge is 0.400 e. The smallest absolute Gasteiger partial charge is 0.0560 e. The average molecular weight is 154 g/mol. The van der Waals surface area contributed by atoms with Crippen LogP contribution in [0, 0.1) is 5.41 Å². The minimum absolute atomic E-state index is 0.0244. The summed E-state index contributed by atoms with van der Waals surface area (Å²) in [5.41, 5.74) is 7.64. The third-order valence-electron chi connectivity index (χ3n) is 1.52. The van der Waals surface area contributed by atoms with Gasteiger partial charge in [0.15, 0.2) is 0 Å². The molecule has 0 unspecified atom stereocenters. The molecule has 64 valence electrons. The van der Waals surface area contributed by atoms with Crippen LogP contribution in [0.3, 0.4) is 0 Å². The Morgan fingerprint density at radius 1 is 1.36 bits per heavy atom. The van der Waals surface area contributed by atoms with Crippen molar-refractivity contribution >= 4 is 6.21 Å². The van der Waals surface area contributed by atoms with Crippen LogP contribution < -0.4 is 5.73 Å². The Kier molecular flexibility index (Phi) is 3.30. The van der Waals surface area contributed by atoms with Gasteiger partial charge in [0.25, 0.3) is 0 Å². The van der Waals surface area contributed by atoms with E-state index >= 15 is 0 Å². The van der Waals surface area contributed by atoms with Crippen molar-refractivity contribution in [3.63, 3.8) is 0 Å². The van der Waals surface area contributed by atoms with Crippen LogP contribution in [-0.4, -0.2) is 6.21 Å². The summed E-state index contributed by atoms with van der Waals surface area (Å²) in [4.78, 5) is 4.12. The van der Waals surface area contributed by atoms with Crippen LogP contribution in [0.5, 0.6) is 0 Å². The van der Waals surface area contributed by atoms with Crippen molar-refractivity contribution in [2.24, 2.45) is 16.1 Å². The molecule has 0 spiro atoms. The molecule has 0 heterocycles. The molecule has 0 bridgehead atoms. The highest BCUT2D eigenvalue weighted by Gasteiger charge is 2.15. The fourth-order valence-corrected chi connectivity index (χ4v) is 0.806. The van der Waals surface area contributed by atoms with Gasteiger partial charge in [0, 0.05) is 17.3 Å². The fraction of sp³-hybridized carbons (Fsp3) is 0.667. The number of rotatable bonds is 1. The van der Waals surface area contributed by atoms with Gasteiger partial charge in [0.2, 0.25) is 0 Å². The quantitative estimate of drug-likeness (QED) is 0.578. The normalized spacial score (nSPS) is 15.4. The Bertz CT molecular complexity index is 182. The molecule has 2 N–H and O–H groups in total. The Hall–Kier alpha value is -0.790. The van der Waals surface area contributed by atoms with E-state index in [4.69, 9.17) is 5.73 Å². The lowest BCUT2D eigenvalue weighted by Crippen LogP contribution is -2.18. The van der Waals surface area contributed by atoms with Crippen molar-refractivity contribution < 1.29 is 0 Å². The van der Waals surface area contributed by atoms with E-state index in [0.29, 0.717) is 0 Å². The summed E-state index contributed by atoms with van der Waals surface area (Å²) in [5, 5.41) is 0. The first kappa shape index (κ1) is 10.2. The maximum atomic E-state index is 5.85. The van der Waals surface area contributed by atoms with Gasteiger partial charge in [-0.25, -0.2) is 0 Å². The van der Waals surface area contributed by atoms with Crippen LogP contribution in [0.4, 0.5) is 0 Å². The first-order chi connectivity index (χ1) is 4.89. The highest BCUT2D eigenvalue weighted by atomic mass is 14.8. The zero-order chi connectivity index (χ0) is 9.07. The van der Waals surface area contributed by atoms with E-state index in [0.717, 1.165) is 11.4 Å². The van der Waals surface area contributed by atoms with E-state index in [1.807, 2.05) is 13.8 Å². The molecule has 0 aromatic carbocycles. The summed E-state index contributed by atoms with van der Waals surface area (Å²) in [6.45, 7) is 10.1. The molecule has 0 aromatic rings. The number of nitrogens with two attached hydrogens (primary N) is 1. The molecule has 0 aliphatic heterocycles. The van der Waals surface area contributed by atoms with E-state index in [-0.39, 0.29) is 5.41 Å². The van der Waals surface area contributed by atoms with Crippen LogP contribution >= 0.6 is 0 Å². The van der Waals surface area contributed by atoms with E-state index in [9.17, 15) is 0 Å². The summed E-state index contributed by atoms with van der Waals surface area (Å²) >= 11 is 0. The number of hydrogen-bond donors (Lipinski definition) is 1. The van der Waals surface area contributed by atoms with Crippen molar-refractivity contribution in [2.75, 3.05) is 0 Å². The Labute approximate surface area is 69.2 Å². The van der Waals surface area contributed by atoms with Gasteiger partial charge in [-0.15, -0.1) is 0 Å². The SMILES string of the molecule is C/C=N\C(C)=C(\N)C(C)(C)C. The molecule has 0 radical (unpaired) electrons. The molecule has 0 atom stereocenters. The first-order valence-corrected chi connectivity index (χ1v) is 3.85. The van der Waals surface area contributed by atoms with Crippen LogP contribution in [0.15, 0.2) is 16.4 Å². The Morgan fingerprint density at radius 2 is 1.82 bits per heavy atom. The maximum Gasteiger partial charge on any atom is 0.0560 e. The lowest BCUT2D eigenvalue weighted by molar-refractivity contribution is 0.491. The fourth-order valence-electron chi connectivity index (χ4n) is 0.806. The molecule has 0 amide bonds. The molecule has 11 heavy (non-hydrogen) atoms. The van der Waals surface area contributed by atoms with Crippen molar-refractivity contribution in [2.45, 2.75) is 34.6 Å². The van der Waals surface area contributed by atoms with Crippen molar-refractivity contribution in [3.05, 3.63) is 11.4 Å².